The largest absolute Gasteiger partial charge is 0.399 e. The molecule has 0 aliphatic rings. The maximum atomic E-state index is 12.2. The monoisotopic (exact) mass is 392 g/mol. The van der Waals surface area contributed by atoms with Crippen LogP contribution < -0.4 is 11.1 Å². The van der Waals surface area contributed by atoms with Crippen LogP contribution in [0, 0.1) is 0 Å². The van der Waals surface area contributed by atoms with Crippen LogP contribution in [0.1, 0.15) is 10.4 Å². The first-order valence-electron chi connectivity index (χ1n) is 5.39. The topological polar surface area (TPSA) is 55.1 Å². The first-order valence-corrected chi connectivity index (χ1v) is 7.31. The van der Waals surface area contributed by atoms with Gasteiger partial charge in [-0.3, -0.25) is 4.79 Å². The van der Waals surface area contributed by atoms with Crippen LogP contribution in [0.3, 0.4) is 0 Å². The van der Waals surface area contributed by atoms with Crippen molar-refractivity contribution in [2.24, 2.45) is 0 Å². The summed E-state index contributed by atoms with van der Waals surface area (Å²) in [5.41, 5.74) is 6.86. The molecule has 0 radical (unpaired) electrons. The normalized spacial score (nSPS) is 10.4. The average Bonchev–Trinajstić information content (AvgIpc) is 2.32. The third kappa shape index (κ3) is 3.58. The van der Waals surface area contributed by atoms with Crippen molar-refractivity contribution in [2.75, 3.05) is 11.1 Å². The van der Waals surface area contributed by atoms with E-state index in [9.17, 15) is 4.79 Å². The molecule has 0 fully saturated rings. The van der Waals surface area contributed by atoms with Crippen LogP contribution in [0.2, 0.25) is 15.1 Å². The summed E-state index contributed by atoms with van der Waals surface area (Å²) in [4.78, 5) is 12.2. The Bertz CT molecular complexity index is 648. The van der Waals surface area contributed by atoms with Gasteiger partial charge >= 0.3 is 0 Å². The van der Waals surface area contributed by atoms with Crippen molar-refractivity contribution in [3.05, 3.63) is 55.4 Å². The van der Waals surface area contributed by atoms with Crippen molar-refractivity contribution in [1.29, 1.82) is 0 Å². The number of anilines is 2. The predicted molar refractivity (Wildman–Crippen MR) is 88.0 cm³/mol. The van der Waals surface area contributed by atoms with E-state index in [1.54, 1.807) is 18.2 Å². The van der Waals surface area contributed by atoms with E-state index < -0.39 is 0 Å². The lowest BCUT2D eigenvalue weighted by Crippen LogP contribution is -2.13. The van der Waals surface area contributed by atoms with Gasteiger partial charge in [-0.2, -0.15) is 0 Å². The molecule has 3 nitrogen and oxygen atoms in total. The van der Waals surface area contributed by atoms with Crippen LogP contribution in [0.5, 0.6) is 0 Å². The smallest absolute Gasteiger partial charge is 0.255 e. The second kappa shape index (κ2) is 6.22. The lowest BCUT2D eigenvalue weighted by molar-refractivity contribution is 0.102. The van der Waals surface area contributed by atoms with Crippen molar-refractivity contribution in [1.82, 2.24) is 0 Å². The van der Waals surface area contributed by atoms with E-state index in [1.807, 2.05) is 0 Å². The Hall–Kier alpha value is -0.940. The van der Waals surface area contributed by atoms with E-state index in [2.05, 4.69) is 21.2 Å². The van der Waals surface area contributed by atoms with Crippen LogP contribution in [-0.2, 0) is 0 Å². The lowest BCUT2D eigenvalue weighted by Gasteiger charge is -2.10. The minimum atomic E-state index is -0.371. The van der Waals surface area contributed by atoms with E-state index in [0.717, 1.165) is 0 Å². The van der Waals surface area contributed by atoms with Crippen LogP contribution in [0.25, 0.3) is 0 Å². The molecule has 104 valence electrons. The fourth-order valence-electron chi connectivity index (χ4n) is 1.59. The van der Waals surface area contributed by atoms with Gasteiger partial charge in [0.25, 0.3) is 5.91 Å². The summed E-state index contributed by atoms with van der Waals surface area (Å²) in [5, 5.41) is 3.56. The van der Waals surface area contributed by atoms with E-state index >= 15 is 0 Å². The van der Waals surface area contributed by atoms with Gasteiger partial charge in [0.15, 0.2) is 0 Å². The number of benzene rings is 2. The first-order chi connectivity index (χ1) is 9.36. The second-order valence-corrected chi connectivity index (χ2v) is 6.14. The third-order valence-electron chi connectivity index (χ3n) is 2.43. The van der Waals surface area contributed by atoms with Gasteiger partial charge in [-0.05, 0) is 30.3 Å². The Morgan fingerprint density at radius 2 is 1.65 bits per heavy atom. The molecule has 0 atom stereocenters. The molecule has 0 aliphatic carbocycles. The highest BCUT2D eigenvalue weighted by Gasteiger charge is 2.13. The predicted octanol–water partition coefficient (Wildman–Crippen LogP) is 5.24. The lowest BCUT2D eigenvalue weighted by atomic mass is 10.2. The molecule has 3 N–H and O–H groups in total. The molecule has 0 bridgehead atoms. The summed E-state index contributed by atoms with van der Waals surface area (Å²) < 4.78 is 0.705. The van der Waals surface area contributed by atoms with Gasteiger partial charge in [0.1, 0.15) is 0 Å². The standard InChI is InChI=1S/C13H8BrCl3N2O/c14-7-1-6(2-9(18)3-7)13(20)19-12-10(16)4-8(15)5-11(12)17/h1-5H,18H2,(H,19,20). The molecule has 0 unspecified atom stereocenters. The molecule has 0 saturated carbocycles. The molecule has 0 spiro atoms. The fourth-order valence-corrected chi connectivity index (χ4v) is 3.01. The Labute approximate surface area is 139 Å². The number of nitrogen functional groups attached to an aromatic ring is 1. The summed E-state index contributed by atoms with van der Waals surface area (Å²) in [6.45, 7) is 0. The van der Waals surface area contributed by atoms with Gasteiger partial charge in [-0.1, -0.05) is 50.7 Å². The van der Waals surface area contributed by atoms with Gasteiger partial charge in [0.05, 0.1) is 15.7 Å². The van der Waals surface area contributed by atoms with Gasteiger partial charge in [0, 0.05) is 20.7 Å². The highest BCUT2D eigenvalue weighted by molar-refractivity contribution is 9.10. The number of amides is 1. The Morgan fingerprint density at radius 1 is 1.05 bits per heavy atom. The number of nitrogens with one attached hydrogen (secondary N) is 1. The Morgan fingerprint density at radius 3 is 2.20 bits per heavy atom. The highest BCUT2D eigenvalue weighted by atomic mass is 79.9. The fraction of sp³-hybridized carbons (Fsp3) is 0. The zero-order valence-electron chi connectivity index (χ0n) is 9.88. The van der Waals surface area contributed by atoms with E-state index in [-0.39, 0.29) is 16.0 Å². The first kappa shape index (κ1) is 15.4. The third-order valence-corrected chi connectivity index (χ3v) is 3.70. The summed E-state index contributed by atoms with van der Waals surface area (Å²) in [6, 6.07) is 7.89. The number of hydrogen-bond acceptors (Lipinski definition) is 2. The zero-order valence-corrected chi connectivity index (χ0v) is 13.7. The maximum Gasteiger partial charge on any atom is 0.255 e. The molecule has 7 heteroatoms. The van der Waals surface area contributed by atoms with Crippen molar-refractivity contribution in [3.63, 3.8) is 0 Å². The number of nitrogens with two attached hydrogens (primary N) is 1. The highest BCUT2D eigenvalue weighted by Crippen LogP contribution is 2.34. The van der Waals surface area contributed by atoms with Gasteiger partial charge < -0.3 is 11.1 Å². The Balaban J connectivity index is 2.32. The van der Waals surface area contributed by atoms with Crippen LogP contribution >= 0.6 is 50.7 Å². The molecule has 0 aliphatic heterocycles. The van der Waals surface area contributed by atoms with Gasteiger partial charge in [-0.25, -0.2) is 0 Å². The van der Waals surface area contributed by atoms with Crippen molar-refractivity contribution >= 4 is 68.0 Å². The SMILES string of the molecule is Nc1cc(Br)cc(C(=O)Nc2c(Cl)cc(Cl)cc2Cl)c1. The molecule has 2 aromatic carbocycles. The maximum absolute atomic E-state index is 12.2. The van der Waals surface area contributed by atoms with E-state index in [0.29, 0.717) is 26.4 Å². The summed E-state index contributed by atoms with van der Waals surface area (Å²) in [6.07, 6.45) is 0. The molecule has 0 heterocycles. The molecule has 2 aromatic rings. The zero-order chi connectivity index (χ0) is 14.9. The second-order valence-electron chi connectivity index (χ2n) is 3.97. The average molecular weight is 394 g/mol. The van der Waals surface area contributed by atoms with Gasteiger partial charge in [0.2, 0.25) is 0 Å². The van der Waals surface area contributed by atoms with Crippen molar-refractivity contribution in [2.45, 2.75) is 0 Å². The minimum absolute atomic E-state index is 0.263. The van der Waals surface area contributed by atoms with E-state index in [4.69, 9.17) is 40.5 Å². The molecule has 0 aromatic heterocycles. The van der Waals surface area contributed by atoms with Crippen molar-refractivity contribution in [3.8, 4) is 0 Å². The van der Waals surface area contributed by atoms with Crippen molar-refractivity contribution < 1.29 is 4.79 Å². The summed E-state index contributed by atoms with van der Waals surface area (Å²) >= 11 is 21.1. The van der Waals surface area contributed by atoms with Gasteiger partial charge in [-0.15, -0.1) is 0 Å². The molecule has 0 saturated heterocycles. The number of carbonyl (C=O) groups excluding carboxylic acids is 1. The number of hydrogen-bond donors (Lipinski definition) is 2. The quantitative estimate of drug-likeness (QED) is 0.684. The molecule has 2 rings (SSSR count). The summed E-state index contributed by atoms with van der Waals surface area (Å²) in [5.74, 6) is -0.371. The van der Waals surface area contributed by atoms with Crippen LogP contribution in [0.4, 0.5) is 11.4 Å². The minimum Gasteiger partial charge on any atom is -0.399 e. The number of rotatable bonds is 2. The Kier molecular flexibility index (Phi) is 4.81. The molecule has 20 heavy (non-hydrogen) atoms. The van der Waals surface area contributed by atoms with E-state index in [1.165, 1.54) is 12.1 Å². The number of halogens is 4. The molecule has 1 amide bonds. The molecular formula is C13H8BrCl3N2O. The van der Waals surface area contributed by atoms with Crippen LogP contribution in [-0.4, -0.2) is 5.91 Å². The summed E-state index contributed by atoms with van der Waals surface area (Å²) in [7, 11) is 0. The molecular weight excluding hydrogens is 386 g/mol. The number of carbonyl (C=O) groups is 1. The van der Waals surface area contributed by atoms with Crippen LogP contribution in [0.15, 0.2) is 34.8 Å².